The van der Waals surface area contributed by atoms with Crippen LogP contribution in [-0.2, 0) is 0 Å². The molecule has 0 atom stereocenters. The van der Waals surface area contributed by atoms with Crippen LogP contribution >= 0.6 is 0 Å². The molecule has 0 saturated heterocycles. The Hall–Kier alpha value is -7.04. The van der Waals surface area contributed by atoms with Gasteiger partial charge in [0.05, 0.1) is 0 Å². The minimum atomic E-state index is 0.207. The molecule has 13 aromatic rings. The summed E-state index contributed by atoms with van der Waals surface area (Å²) in [5, 5.41) is 12.2. The molecular weight excluding hydrogens is 760 g/mol. The second-order valence-electron chi connectivity index (χ2n) is 14.9. The van der Waals surface area contributed by atoms with Crippen molar-refractivity contribution in [3.8, 4) is 22.8 Å². The van der Waals surface area contributed by atoms with Crippen molar-refractivity contribution in [1.29, 1.82) is 0 Å². The molecule has 0 radical (unpaired) electrons. The van der Waals surface area contributed by atoms with Gasteiger partial charge in [0.1, 0.15) is 0 Å². The molecule has 264 valence electrons. The van der Waals surface area contributed by atoms with Crippen LogP contribution in [0.4, 0.5) is 0 Å². The van der Waals surface area contributed by atoms with Gasteiger partial charge in [-0.25, -0.2) is 0 Å². The third-order valence-electron chi connectivity index (χ3n) is 11.9. The first-order chi connectivity index (χ1) is 28.3. The van der Waals surface area contributed by atoms with Crippen LogP contribution in [-0.4, -0.2) is 33.6 Å². The Bertz CT molecular complexity index is 3810. The standard InChI is InChI=1S/C52H30N4Se/c1-2-15-31(16-3-1)48-52(54-50-36-21-7-5-18-33(36)32-17-4-6-20-35(32)49(50)53-48)56-41-26-12-9-23-39(41)47-43(56)30-29-42-46(47)38-22-8-11-25-40(38)55(42)44-27-14-24-37-34-19-10-13-28-45(34)57-51(37)44/h1-30H. The van der Waals surface area contributed by atoms with Gasteiger partial charge < -0.3 is 0 Å². The Morgan fingerprint density at radius 3 is 1.54 bits per heavy atom. The molecule has 0 N–H and O–H groups in total. The van der Waals surface area contributed by atoms with E-state index in [9.17, 15) is 0 Å². The van der Waals surface area contributed by atoms with Gasteiger partial charge in [0.25, 0.3) is 0 Å². The molecule has 0 saturated carbocycles. The molecule has 0 fully saturated rings. The van der Waals surface area contributed by atoms with Crippen LogP contribution in [0.1, 0.15) is 0 Å². The Labute approximate surface area is 332 Å². The molecule has 0 unspecified atom stereocenters. The average Bonchev–Trinajstić information content (AvgIpc) is 3.94. The predicted molar refractivity (Wildman–Crippen MR) is 241 cm³/mol. The van der Waals surface area contributed by atoms with Gasteiger partial charge >= 0.3 is 251 Å². The second kappa shape index (κ2) is 11.7. The summed E-state index contributed by atoms with van der Waals surface area (Å²) < 4.78 is 7.78. The topological polar surface area (TPSA) is 35.6 Å². The van der Waals surface area contributed by atoms with Gasteiger partial charge in [0, 0.05) is 5.39 Å². The van der Waals surface area contributed by atoms with Crippen LogP contribution < -0.4 is 0 Å². The van der Waals surface area contributed by atoms with Gasteiger partial charge in [-0.2, -0.15) is 0 Å². The first-order valence-electron chi connectivity index (χ1n) is 19.3. The summed E-state index contributed by atoms with van der Waals surface area (Å²) >= 11 is 0.207. The molecule has 5 heteroatoms. The number of benzene rings is 9. The van der Waals surface area contributed by atoms with E-state index >= 15 is 0 Å². The summed E-state index contributed by atoms with van der Waals surface area (Å²) in [5.41, 5.74) is 9.61. The second-order valence-corrected chi connectivity index (χ2v) is 17.1. The first-order valence-corrected chi connectivity index (χ1v) is 21.1. The molecule has 4 nitrogen and oxygen atoms in total. The van der Waals surface area contributed by atoms with Crippen LogP contribution in [0.3, 0.4) is 0 Å². The van der Waals surface area contributed by atoms with Crippen molar-refractivity contribution >= 4 is 110 Å². The number of para-hydroxylation sites is 2. The van der Waals surface area contributed by atoms with Gasteiger partial charge in [-0.05, 0) is 10.8 Å². The Kier molecular flexibility index (Phi) is 6.42. The van der Waals surface area contributed by atoms with Crippen LogP contribution in [0, 0.1) is 0 Å². The zero-order valence-corrected chi connectivity index (χ0v) is 32.2. The van der Waals surface area contributed by atoms with E-state index < -0.39 is 0 Å². The average molecular weight is 790 g/mol. The summed E-state index contributed by atoms with van der Waals surface area (Å²) in [6.45, 7) is 0. The smallest absolute Gasteiger partial charge is 0.0616 e. The van der Waals surface area contributed by atoms with Crippen LogP contribution in [0.5, 0.6) is 0 Å². The maximum absolute atomic E-state index is 5.72. The zero-order valence-electron chi connectivity index (χ0n) is 30.5. The van der Waals surface area contributed by atoms with E-state index in [1.807, 2.05) is 0 Å². The summed E-state index contributed by atoms with van der Waals surface area (Å²) in [4.78, 5) is 11.3. The molecule has 0 spiro atoms. The minimum absolute atomic E-state index is 0.207. The third kappa shape index (κ3) is 4.27. The summed E-state index contributed by atoms with van der Waals surface area (Å²) in [7, 11) is 0. The fraction of sp³-hybridized carbons (Fsp3) is 0. The van der Waals surface area contributed by atoms with Gasteiger partial charge in [-0.1, -0.05) is 66.7 Å². The molecule has 9 aromatic carbocycles. The van der Waals surface area contributed by atoms with Crippen LogP contribution in [0.2, 0.25) is 0 Å². The number of rotatable bonds is 3. The molecule has 0 aliphatic carbocycles. The van der Waals surface area contributed by atoms with Crippen molar-refractivity contribution in [2.45, 2.75) is 0 Å². The Morgan fingerprint density at radius 1 is 0.351 bits per heavy atom. The van der Waals surface area contributed by atoms with E-state index in [4.69, 9.17) is 9.97 Å². The SMILES string of the molecule is c1ccc(-c2nc3c4ccccc4c4ccccc4c3nc2-n2c3ccccc3c3c4c5ccccc5n(-c5cccc6c5[se]c5ccccc56)c4ccc32)cc1. The number of nitrogens with zero attached hydrogens (tertiary/aromatic N) is 4. The fourth-order valence-corrected chi connectivity index (χ4v) is 12.0. The Morgan fingerprint density at radius 2 is 0.860 bits per heavy atom. The first kappa shape index (κ1) is 31.2. The minimum Gasteiger partial charge on any atom is -0.0616 e. The van der Waals surface area contributed by atoms with Gasteiger partial charge in [0.15, 0.2) is 0 Å². The van der Waals surface area contributed by atoms with Crippen molar-refractivity contribution in [2.75, 3.05) is 0 Å². The third-order valence-corrected chi connectivity index (χ3v) is 14.4. The van der Waals surface area contributed by atoms with E-state index in [2.05, 4.69) is 191 Å². The quantitative estimate of drug-likeness (QED) is 0.132. The molecule has 4 heterocycles. The van der Waals surface area contributed by atoms with E-state index in [0.29, 0.717) is 0 Å². The van der Waals surface area contributed by atoms with Crippen molar-refractivity contribution in [3.05, 3.63) is 182 Å². The van der Waals surface area contributed by atoms with E-state index in [-0.39, 0.29) is 14.5 Å². The normalized spacial score (nSPS) is 12.2. The van der Waals surface area contributed by atoms with Gasteiger partial charge in [-0.15, -0.1) is 0 Å². The number of aromatic nitrogens is 4. The zero-order chi connectivity index (χ0) is 37.2. The molecule has 0 aliphatic rings. The molecule has 0 aliphatic heterocycles. The molecule has 0 bridgehead atoms. The predicted octanol–water partition coefficient (Wildman–Crippen LogP) is 13.2. The van der Waals surface area contributed by atoms with Crippen LogP contribution in [0.15, 0.2) is 182 Å². The summed E-state index contributed by atoms with van der Waals surface area (Å²) in [5.74, 6) is 0.824. The van der Waals surface area contributed by atoms with E-state index in [1.165, 1.54) is 68.3 Å². The van der Waals surface area contributed by atoms with Gasteiger partial charge in [-0.3, -0.25) is 0 Å². The van der Waals surface area contributed by atoms with Crippen molar-refractivity contribution in [1.82, 2.24) is 19.1 Å². The monoisotopic (exact) mass is 790 g/mol. The Balaban J connectivity index is 1.19. The molecular formula is C52H30N4Se. The molecule has 0 amide bonds. The number of hydrogen-bond donors (Lipinski definition) is 0. The van der Waals surface area contributed by atoms with E-state index in [0.717, 1.165) is 49.9 Å². The number of hydrogen-bond acceptors (Lipinski definition) is 2. The number of fused-ring (bicyclic) bond motifs is 16. The summed E-state index contributed by atoms with van der Waals surface area (Å²) in [6.07, 6.45) is 0. The van der Waals surface area contributed by atoms with Gasteiger partial charge in [0.2, 0.25) is 0 Å². The maximum atomic E-state index is 5.72. The van der Waals surface area contributed by atoms with Crippen LogP contribution in [0.25, 0.3) is 118 Å². The fourth-order valence-electron chi connectivity index (χ4n) is 9.51. The molecule has 13 rings (SSSR count). The molecule has 57 heavy (non-hydrogen) atoms. The molecule has 4 aromatic heterocycles. The van der Waals surface area contributed by atoms with E-state index in [1.54, 1.807) is 0 Å². The summed E-state index contributed by atoms with van der Waals surface area (Å²) in [6, 6.07) is 65.9. The van der Waals surface area contributed by atoms with Crippen molar-refractivity contribution < 1.29 is 0 Å². The van der Waals surface area contributed by atoms with Crippen molar-refractivity contribution in [3.63, 3.8) is 0 Å². The van der Waals surface area contributed by atoms with Crippen molar-refractivity contribution in [2.24, 2.45) is 0 Å².